The van der Waals surface area contributed by atoms with E-state index in [1.807, 2.05) is 49.4 Å². The lowest BCUT2D eigenvalue weighted by molar-refractivity contribution is -0.139. The fraction of sp³-hybridized carbons (Fsp3) is 0.387. The van der Waals surface area contributed by atoms with Crippen LogP contribution >= 0.6 is 0 Å². The predicted molar refractivity (Wildman–Crippen MR) is 160 cm³/mol. The molecule has 3 aromatic rings. The Bertz CT molecular complexity index is 1470. The van der Waals surface area contributed by atoms with Gasteiger partial charge in [0.05, 0.1) is 4.90 Å². The summed E-state index contributed by atoms with van der Waals surface area (Å²) in [6.07, 6.45) is 5.61. The first kappa shape index (κ1) is 30.0. The van der Waals surface area contributed by atoms with Gasteiger partial charge in [0, 0.05) is 49.8 Å². The maximum atomic E-state index is 13.2. The largest absolute Gasteiger partial charge is 0.480 e. The number of carboxylic acid groups (broad SMARTS) is 1. The summed E-state index contributed by atoms with van der Waals surface area (Å²) in [6.45, 7) is 6.28. The number of rotatable bonds is 11. The highest BCUT2D eigenvalue weighted by atomic mass is 32.2. The number of carbonyl (C=O) groups excluding carboxylic acids is 1. The van der Waals surface area contributed by atoms with Crippen molar-refractivity contribution in [3.8, 4) is 0 Å². The maximum Gasteiger partial charge on any atom is 0.326 e. The lowest BCUT2D eigenvalue weighted by Crippen LogP contribution is -2.43. The molecule has 218 valence electrons. The molecule has 1 unspecified atom stereocenters. The van der Waals surface area contributed by atoms with Crippen molar-refractivity contribution in [2.45, 2.75) is 50.5 Å². The van der Waals surface area contributed by atoms with Crippen molar-refractivity contribution < 1.29 is 23.1 Å². The number of hydrogen-bond acceptors (Lipinski definition) is 7. The molecule has 10 heteroatoms. The van der Waals surface area contributed by atoms with Crippen LogP contribution in [0, 0.1) is 12.8 Å². The summed E-state index contributed by atoms with van der Waals surface area (Å²) in [5.74, 6) is -0.185. The van der Waals surface area contributed by atoms with E-state index in [9.17, 15) is 23.1 Å². The second-order valence-electron chi connectivity index (χ2n) is 10.7. The second kappa shape index (κ2) is 13.2. The van der Waals surface area contributed by atoms with Crippen LogP contribution in [0.4, 0.5) is 11.5 Å². The van der Waals surface area contributed by atoms with Gasteiger partial charge in [-0.05, 0) is 85.2 Å². The normalized spacial score (nSPS) is 14.9. The molecule has 4 rings (SSSR count). The molecule has 1 aliphatic rings. The van der Waals surface area contributed by atoms with E-state index in [1.54, 1.807) is 13.1 Å². The van der Waals surface area contributed by atoms with Gasteiger partial charge in [-0.1, -0.05) is 25.1 Å². The van der Waals surface area contributed by atoms with Crippen molar-refractivity contribution in [1.29, 1.82) is 0 Å². The van der Waals surface area contributed by atoms with Gasteiger partial charge in [0.25, 0.3) is 5.91 Å². The molecule has 0 spiro atoms. The number of nitrogens with zero attached hydrogens (tertiary/aromatic N) is 2. The number of amides is 1. The number of hydrogen-bond donors (Lipinski definition) is 3. The standard InChI is InChI=1S/C31H38N4O5S/c1-4-24-19-26(41(3,39)40)17-21(2)29(24)30(36)34-27(31(37)38)18-22-8-10-25(11-9-22)35-15-12-23(13-16-35)20-33-28-7-5-6-14-32-28/h5-11,14,17,19,23,27H,4,12-13,15-16,18,20H2,1-3H3,(H,32,33)(H,34,36)(H,37,38). The van der Waals surface area contributed by atoms with Crippen LogP contribution in [0.3, 0.4) is 0 Å². The quantitative estimate of drug-likeness (QED) is 0.310. The van der Waals surface area contributed by atoms with Crippen molar-refractivity contribution >= 4 is 33.2 Å². The number of nitrogens with one attached hydrogen (secondary N) is 2. The molecule has 9 nitrogen and oxygen atoms in total. The van der Waals surface area contributed by atoms with Crippen LogP contribution in [0.5, 0.6) is 0 Å². The van der Waals surface area contributed by atoms with Crippen LogP contribution in [-0.2, 0) is 27.5 Å². The Balaban J connectivity index is 1.35. The number of carbonyl (C=O) groups is 2. The number of sulfone groups is 1. The molecule has 1 fully saturated rings. The lowest BCUT2D eigenvalue weighted by atomic mass is 9.96. The number of aryl methyl sites for hydroxylation is 2. The van der Waals surface area contributed by atoms with E-state index >= 15 is 0 Å². The molecule has 0 bridgehead atoms. The van der Waals surface area contributed by atoms with E-state index in [4.69, 9.17) is 0 Å². The van der Waals surface area contributed by atoms with Crippen molar-refractivity contribution in [2.24, 2.45) is 5.92 Å². The Kier molecular flexibility index (Phi) is 9.65. The van der Waals surface area contributed by atoms with Gasteiger partial charge < -0.3 is 20.6 Å². The van der Waals surface area contributed by atoms with Crippen LogP contribution in [0.25, 0.3) is 0 Å². The third-order valence-electron chi connectivity index (χ3n) is 7.62. The first-order valence-electron chi connectivity index (χ1n) is 13.9. The van der Waals surface area contributed by atoms with Crippen LogP contribution in [0.15, 0.2) is 65.7 Å². The molecule has 2 heterocycles. The summed E-state index contributed by atoms with van der Waals surface area (Å²) in [5.41, 5.74) is 3.27. The van der Waals surface area contributed by atoms with Crippen molar-refractivity contribution in [1.82, 2.24) is 10.3 Å². The molecule has 41 heavy (non-hydrogen) atoms. The topological polar surface area (TPSA) is 129 Å². The molecule has 1 amide bonds. The zero-order valence-corrected chi connectivity index (χ0v) is 24.6. The highest BCUT2D eigenvalue weighted by Crippen LogP contribution is 2.25. The van der Waals surface area contributed by atoms with E-state index in [-0.39, 0.29) is 11.3 Å². The second-order valence-corrected chi connectivity index (χ2v) is 12.7. The van der Waals surface area contributed by atoms with E-state index in [0.29, 0.717) is 29.0 Å². The van der Waals surface area contributed by atoms with E-state index in [1.165, 1.54) is 12.1 Å². The zero-order valence-electron chi connectivity index (χ0n) is 23.8. The molecule has 2 aromatic carbocycles. The first-order valence-corrected chi connectivity index (χ1v) is 15.8. The Morgan fingerprint density at radius 2 is 1.80 bits per heavy atom. The highest BCUT2D eigenvalue weighted by Gasteiger charge is 2.25. The van der Waals surface area contributed by atoms with Gasteiger partial charge in [-0.25, -0.2) is 18.2 Å². The smallest absolute Gasteiger partial charge is 0.326 e. The van der Waals surface area contributed by atoms with E-state index < -0.39 is 27.8 Å². The summed E-state index contributed by atoms with van der Waals surface area (Å²) < 4.78 is 24.1. The maximum absolute atomic E-state index is 13.2. The van der Waals surface area contributed by atoms with Crippen LogP contribution in [-0.4, -0.2) is 62.3 Å². The molecule has 0 saturated carbocycles. The van der Waals surface area contributed by atoms with Gasteiger partial charge in [0.1, 0.15) is 11.9 Å². The monoisotopic (exact) mass is 578 g/mol. The van der Waals surface area contributed by atoms with Crippen LogP contribution in [0.1, 0.15) is 46.8 Å². The number of piperidine rings is 1. The fourth-order valence-corrected chi connectivity index (χ4v) is 6.01. The number of benzene rings is 2. The van der Waals surface area contributed by atoms with Crippen molar-refractivity contribution in [3.63, 3.8) is 0 Å². The molecule has 1 saturated heterocycles. The molecule has 1 aliphatic heterocycles. The fourth-order valence-electron chi connectivity index (χ4n) is 5.26. The summed E-state index contributed by atoms with van der Waals surface area (Å²) in [4.78, 5) is 32.1. The van der Waals surface area contributed by atoms with Gasteiger partial charge in [0.2, 0.25) is 0 Å². The number of aromatic nitrogens is 1. The predicted octanol–water partition coefficient (Wildman–Crippen LogP) is 4.11. The minimum absolute atomic E-state index is 0.130. The number of pyridine rings is 1. The number of carboxylic acids is 1. The summed E-state index contributed by atoms with van der Waals surface area (Å²) in [7, 11) is -3.44. The average Bonchev–Trinajstić information content (AvgIpc) is 2.96. The van der Waals surface area contributed by atoms with Gasteiger partial charge in [-0.15, -0.1) is 0 Å². The molecular weight excluding hydrogens is 540 g/mol. The minimum atomic E-state index is -3.44. The summed E-state index contributed by atoms with van der Waals surface area (Å²) in [5, 5.41) is 15.9. The Morgan fingerprint density at radius 3 is 2.39 bits per heavy atom. The van der Waals surface area contributed by atoms with Crippen molar-refractivity contribution in [3.05, 3.63) is 83.0 Å². The van der Waals surface area contributed by atoms with Gasteiger partial charge in [-0.3, -0.25) is 4.79 Å². The van der Waals surface area contributed by atoms with Crippen LogP contribution < -0.4 is 15.5 Å². The van der Waals surface area contributed by atoms with Gasteiger partial charge in [0.15, 0.2) is 9.84 Å². The summed E-state index contributed by atoms with van der Waals surface area (Å²) in [6, 6.07) is 15.5. The van der Waals surface area contributed by atoms with E-state index in [2.05, 4.69) is 20.5 Å². The van der Waals surface area contributed by atoms with Crippen LogP contribution in [0.2, 0.25) is 0 Å². The Hall–Kier alpha value is -3.92. The van der Waals surface area contributed by atoms with Crippen molar-refractivity contribution in [2.75, 3.05) is 36.1 Å². The lowest BCUT2D eigenvalue weighted by Gasteiger charge is -2.34. The third-order valence-corrected chi connectivity index (χ3v) is 8.71. The number of anilines is 2. The first-order chi connectivity index (χ1) is 19.5. The summed E-state index contributed by atoms with van der Waals surface area (Å²) >= 11 is 0. The molecular formula is C31H38N4O5S. The molecule has 0 aliphatic carbocycles. The third kappa shape index (κ3) is 7.85. The van der Waals surface area contributed by atoms with Gasteiger partial charge in [-0.2, -0.15) is 0 Å². The molecule has 1 atom stereocenters. The molecule has 0 radical (unpaired) electrons. The SMILES string of the molecule is CCc1cc(S(C)(=O)=O)cc(C)c1C(=O)NC(Cc1ccc(N2CCC(CNc3ccccn3)CC2)cc1)C(=O)O. The Labute approximate surface area is 241 Å². The Morgan fingerprint density at radius 1 is 1.10 bits per heavy atom. The highest BCUT2D eigenvalue weighted by molar-refractivity contribution is 7.90. The van der Waals surface area contributed by atoms with Gasteiger partial charge >= 0.3 is 5.97 Å². The average molecular weight is 579 g/mol. The molecule has 3 N–H and O–H groups in total. The number of aliphatic carboxylic acids is 1. The minimum Gasteiger partial charge on any atom is -0.480 e. The van der Waals surface area contributed by atoms with E-state index in [0.717, 1.165) is 55.8 Å². The molecule has 1 aromatic heterocycles. The zero-order chi connectivity index (χ0) is 29.6.